The van der Waals surface area contributed by atoms with Crippen LogP contribution in [0.25, 0.3) is 0 Å². The summed E-state index contributed by atoms with van der Waals surface area (Å²) < 4.78 is 0. The average Bonchev–Trinajstić information content (AvgIpc) is 2.68. The van der Waals surface area contributed by atoms with E-state index < -0.39 is 0 Å². The van der Waals surface area contributed by atoms with Gasteiger partial charge in [-0.25, -0.2) is 0 Å². The first-order chi connectivity index (χ1) is 12.2. The summed E-state index contributed by atoms with van der Waals surface area (Å²) in [7, 11) is 0. The van der Waals surface area contributed by atoms with E-state index in [4.69, 9.17) is 5.73 Å². The van der Waals surface area contributed by atoms with Crippen LogP contribution in [0, 0.1) is 5.92 Å². The van der Waals surface area contributed by atoms with Crippen LogP contribution < -0.4 is 5.73 Å². The van der Waals surface area contributed by atoms with Gasteiger partial charge in [0.25, 0.3) is 0 Å². The normalized spacial score (nSPS) is 18.2. The highest BCUT2D eigenvalue weighted by Gasteiger charge is 2.25. The van der Waals surface area contributed by atoms with E-state index in [1.54, 1.807) is 0 Å². The molecule has 1 fully saturated rings. The summed E-state index contributed by atoms with van der Waals surface area (Å²) in [6, 6.07) is 21.1. The van der Waals surface area contributed by atoms with Gasteiger partial charge in [-0.1, -0.05) is 79.9 Å². The zero-order valence-corrected chi connectivity index (χ0v) is 15.1. The lowest BCUT2D eigenvalue weighted by Gasteiger charge is -2.30. The van der Waals surface area contributed by atoms with Gasteiger partial charge in [0.15, 0.2) is 0 Å². The topological polar surface area (TPSA) is 46.2 Å². The monoisotopic (exact) mass is 337 g/mol. The van der Waals surface area contributed by atoms with Gasteiger partial charge < -0.3 is 10.8 Å². The third-order valence-corrected chi connectivity index (χ3v) is 5.71. The number of hydrogen-bond acceptors (Lipinski definition) is 2. The molecule has 2 nitrogen and oxygen atoms in total. The molecule has 3 rings (SSSR count). The molecule has 1 aliphatic rings. The maximum Gasteiger partial charge on any atom is 0.0564 e. The van der Waals surface area contributed by atoms with Crippen molar-refractivity contribution in [2.75, 3.05) is 0 Å². The van der Waals surface area contributed by atoms with Crippen molar-refractivity contribution in [3.8, 4) is 0 Å². The molecule has 0 bridgehead atoms. The van der Waals surface area contributed by atoms with Crippen LogP contribution in [-0.2, 0) is 0 Å². The second-order valence-electron chi connectivity index (χ2n) is 7.56. The Balaban J connectivity index is 1.67. The third-order valence-electron chi connectivity index (χ3n) is 5.71. The minimum atomic E-state index is -0.359. The van der Waals surface area contributed by atoms with Gasteiger partial charge in [0, 0.05) is 12.0 Å². The van der Waals surface area contributed by atoms with Crippen molar-refractivity contribution in [3.05, 3.63) is 71.8 Å². The minimum absolute atomic E-state index is 0.127. The number of benzene rings is 2. The number of aliphatic hydroxyl groups excluding tert-OH is 1. The van der Waals surface area contributed by atoms with Gasteiger partial charge in [0.2, 0.25) is 0 Å². The molecule has 134 valence electrons. The predicted molar refractivity (Wildman–Crippen MR) is 105 cm³/mol. The Morgan fingerprint density at radius 2 is 1.32 bits per heavy atom. The molecule has 0 aliphatic heterocycles. The van der Waals surface area contributed by atoms with Crippen LogP contribution in [0.2, 0.25) is 0 Å². The summed E-state index contributed by atoms with van der Waals surface area (Å²) in [5.74, 6) is 0.811. The maximum atomic E-state index is 10.8. The lowest BCUT2D eigenvalue weighted by Crippen LogP contribution is -2.35. The van der Waals surface area contributed by atoms with Crippen LogP contribution in [0.3, 0.4) is 0 Å². The summed E-state index contributed by atoms with van der Waals surface area (Å²) in [4.78, 5) is 0. The molecule has 0 amide bonds. The third kappa shape index (κ3) is 5.17. The van der Waals surface area contributed by atoms with Crippen LogP contribution in [0.15, 0.2) is 60.7 Å². The smallest absolute Gasteiger partial charge is 0.0564 e. The first-order valence-electron chi connectivity index (χ1n) is 9.77. The Morgan fingerprint density at radius 1 is 0.800 bits per heavy atom. The first kappa shape index (κ1) is 18.2. The standard InChI is InChI=1S/C23H31NO/c24-23(20-14-8-3-9-15-20)17-21(25)16-22(18-10-4-1-5-11-18)19-12-6-2-7-13-19/h1-2,4-7,10-13,20-23,25H,3,8-9,14-17,24H2. The molecular formula is C23H31NO. The van der Waals surface area contributed by atoms with Crippen LogP contribution >= 0.6 is 0 Å². The maximum absolute atomic E-state index is 10.8. The highest BCUT2D eigenvalue weighted by Crippen LogP contribution is 2.32. The van der Waals surface area contributed by atoms with E-state index in [0.29, 0.717) is 12.3 Å². The molecule has 3 N–H and O–H groups in total. The number of rotatable bonds is 7. The van der Waals surface area contributed by atoms with E-state index in [-0.39, 0.29) is 18.1 Å². The second kappa shape index (κ2) is 9.17. The molecule has 2 heteroatoms. The average molecular weight is 338 g/mol. The van der Waals surface area contributed by atoms with Crippen molar-refractivity contribution in [2.45, 2.75) is 63.0 Å². The van der Waals surface area contributed by atoms with Gasteiger partial charge >= 0.3 is 0 Å². The van der Waals surface area contributed by atoms with Gasteiger partial charge in [-0.15, -0.1) is 0 Å². The van der Waals surface area contributed by atoms with Crippen molar-refractivity contribution in [3.63, 3.8) is 0 Å². The number of hydrogen-bond donors (Lipinski definition) is 2. The van der Waals surface area contributed by atoms with Gasteiger partial charge in [-0.05, 0) is 42.7 Å². The van der Waals surface area contributed by atoms with Crippen LogP contribution in [0.4, 0.5) is 0 Å². The molecular weight excluding hydrogens is 306 g/mol. The Hall–Kier alpha value is -1.64. The van der Waals surface area contributed by atoms with Crippen molar-refractivity contribution in [1.82, 2.24) is 0 Å². The molecule has 1 aliphatic carbocycles. The lowest BCUT2D eigenvalue weighted by atomic mass is 9.80. The summed E-state index contributed by atoms with van der Waals surface area (Å²) in [6.45, 7) is 0. The Labute approximate surface area is 152 Å². The molecule has 2 aromatic rings. The van der Waals surface area contributed by atoms with Crippen molar-refractivity contribution in [1.29, 1.82) is 0 Å². The van der Waals surface area contributed by atoms with E-state index in [9.17, 15) is 5.11 Å². The van der Waals surface area contributed by atoms with E-state index in [0.717, 1.165) is 6.42 Å². The summed E-state index contributed by atoms with van der Waals surface area (Å²) >= 11 is 0. The molecule has 2 atom stereocenters. The number of aliphatic hydroxyl groups is 1. The second-order valence-corrected chi connectivity index (χ2v) is 7.56. The van der Waals surface area contributed by atoms with E-state index in [1.807, 2.05) is 12.1 Å². The molecule has 2 unspecified atom stereocenters. The van der Waals surface area contributed by atoms with E-state index >= 15 is 0 Å². The molecule has 0 saturated heterocycles. The fourth-order valence-corrected chi connectivity index (χ4v) is 4.27. The predicted octanol–water partition coefficient (Wildman–Crippen LogP) is 4.87. The van der Waals surface area contributed by atoms with Gasteiger partial charge in [-0.3, -0.25) is 0 Å². The lowest BCUT2D eigenvalue weighted by molar-refractivity contribution is 0.125. The Kier molecular flexibility index (Phi) is 6.66. The van der Waals surface area contributed by atoms with Gasteiger partial charge in [-0.2, -0.15) is 0 Å². The van der Waals surface area contributed by atoms with Crippen molar-refractivity contribution < 1.29 is 5.11 Å². The highest BCUT2D eigenvalue weighted by molar-refractivity contribution is 5.32. The number of nitrogens with two attached hydrogens (primary N) is 1. The summed E-state index contributed by atoms with van der Waals surface area (Å²) in [5.41, 5.74) is 8.97. The quantitative estimate of drug-likeness (QED) is 0.757. The molecule has 1 saturated carbocycles. The zero-order valence-electron chi connectivity index (χ0n) is 15.1. The molecule has 25 heavy (non-hydrogen) atoms. The van der Waals surface area contributed by atoms with E-state index in [2.05, 4.69) is 48.5 Å². The molecule has 2 aromatic carbocycles. The Morgan fingerprint density at radius 3 is 1.84 bits per heavy atom. The van der Waals surface area contributed by atoms with Gasteiger partial charge in [0.05, 0.1) is 6.10 Å². The molecule has 0 heterocycles. The fraction of sp³-hybridized carbons (Fsp3) is 0.478. The van der Waals surface area contributed by atoms with Crippen LogP contribution in [0.1, 0.15) is 62.0 Å². The SMILES string of the molecule is NC(CC(O)CC(c1ccccc1)c1ccccc1)C1CCCCC1. The first-order valence-corrected chi connectivity index (χ1v) is 9.77. The van der Waals surface area contributed by atoms with Crippen molar-refractivity contribution in [2.24, 2.45) is 11.7 Å². The fourth-order valence-electron chi connectivity index (χ4n) is 4.27. The van der Waals surface area contributed by atoms with Crippen LogP contribution in [-0.4, -0.2) is 17.3 Å². The highest BCUT2D eigenvalue weighted by atomic mass is 16.3. The Bertz CT molecular complexity index is 567. The molecule has 0 aromatic heterocycles. The summed E-state index contributed by atoms with van der Waals surface area (Å²) in [6.07, 6.45) is 7.48. The minimum Gasteiger partial charge on any atom is -0.393 e. The molecule has 0 radical (unpaired) electrons. The van der Waals surface area contributed by atoms with E-state index in [1.165, 1.54) is 43.2 Å². The zero-order chi connectivity index (χ0) is 17.5. The van der Waals surface area contributed by atoms with Crippen LogP contribution in [0.5, 0.6) is 0 Å². The van der Waals surface area contributed by atoms with Crippen molar-refractivity contribution >= 4 is 0 Å². The largest absolute Gasteiger partial charge is 0.393 e. The summed E-state index contributed by atoms with van der Waals surface area (Å²) in [5, 5.41) is 10.8. The molecule has 0 spiro atoms. The van der Waals surface area contributed by atoms with Gasteiger partial charge in [0.1, 0.15) is 0 Å².